The Labute approximate surface area is 375 Å². The van der Waals surface area contributed by atoms with Crippen molar-refractivity contribution >= 4 is 11.4 Å². The molecule has 2 aliphatic carbocycles. The van der Waals surface area contributed by atoms with Crippen molar-refractivity contribution in [3.05, 3.63) is 252 Å². The van der Waals surface area contributed by atoms with Gasteiger partial charge in [-0.25, -0.2) is 4.68 Å². The molecule has 14 rings (SSSR count). The number of benzene rings is 6. The van der Waals surface area contributed by atoms with Crippen molar-refractivity contribution in [1.29, 1.82) is 0 Å². The first-order valence-corrected chi connectivity index (χ1v) is 21.0. The van der Waals surface area contributed by atoms with Crippen molar-refractivity contribution in [2.45, 2.75) is 22.7 Å². The summed E-state index contributed by atoms with van der Waals surface area (Å²) in [7, 11) is 4.25. The van der Waals surface area contributed by atoms with Crippen molar-refractivity contribution in [3.63, 3.8) is 0 Å². The predicted molar refractivity (Wildman–Crippen MR) is 236 cm³/mol. The molecule has 0 amide bonds. The van der Waals surface area contributed by atoms with E-state index < -0.39 is 16.5 Å². The number of rotatable bonds is 4. The zero-order valence-electron chi connectivity index (χ0n) is 33.9. The van der Waals surface area contributed by atoms with Crippen LogP contribution in [-0.2, 0) is 37.6 Å². The summed E-state index contributed by atoms with van der Waals surface area (Å²) in [5.41, 5.74) is 15.9. The van der Waals surface area contributed by atoms with E-state index in [0.717, 1.165) is 22.5 Å². The second-order valence-corrected chi connectivity index (χ2v) is 17.1. The third kappa shape index (κ3) is 4.00. The molecule has 8 aromatic rings. The second kappa shape index (κ2) is 12.4. The molecule has 1 spiro atoms. The van der Waals surface area contributed by atoms with Gasteiger partial charge in [0.05, 0.1) is 11.3 Å². The van der Waals surface area contributed by atoms with Gasteiger partial charge in [-0.05, 0) is 81.7 Å². The van der Waals surface area contributed by atoms with E-state index in [1.54, 1.807) is 0 Å². The fourth-order valence-corrected chi connectivity index (χ4v) is 12.3. The van der Waals surface area contributed by atoms with Gasteiger partial charge in [0, 0.05) is 24.9 Å². The molecule has 2 unspecified atom stereocenters. The zero-order chi connectivity index (χ0) is 40.2. The average Bonchev–Trinajstić information content (AvgIpc) is 4.18. The Hall–Kier alpha value is -6.82. The summed E-state index contributed by atoms with van der Waals surface area (Å²) in [6.45, 7) is 2.09. The fourth-order valence-electron chi connectivity index (χ4n) is 12.3. The first-order chi connectivity index (χ1) is 30.1. The molecule has 0 N–H and O–H groups in total. The Morgan fingerprint density at radius 3 is 1.85 bits per heavy atom. The smallest absolute Gasteiger partial charge is 0.510 e. The Bertz CT molecular complexity index is 3150. The van der Waals surface area contributed by atoms with Gasteiger partial charge in [-0.2, -0.15) is 37.0 Å². The summed E-state index contributed by atoms with van der Waals surface area (Å²) in [6, 6.07) is 57.8. The predicted octanol–water partition coefficient (Wildman–Crippen LogP) is 8.52. The van der Waals surface area contributed by atoms with E-state index in [4.69, 9.17) is 5.10 Å². The summed E-state index contributed by atoms with van der Waals surface area (Å²) >= 11 is 0. The molecule has 62 heavy (non-hydrogen) atoms. The quantitative estimate of drug-likeness (QED) is 0.131. The maximum Gasteiger partial charge on any atom is 4.00 e. The van der Waals surface area contributed by atoms with Gasteiger partial charge in [0.2, 0.25) is 0 Å². The SMILES string of the molecule is CN1C=CN(c2[c-]c(C3(c4[c-]n(C56c7c(cccc7C7(c8ccccc8-c8ccccc87)c7cc[n-][n+]75)N5C=CN(C)C56)cc4)c4ccccc4-c4ccccc43)ccc2)[CH-]1.[Pt+4]. The Kier molecular flexibility index (Phi) is 7.18. The van der Waals surface area contributed by atoms with E-state index in [1.165, 1.54) is 61.3 Å². The Morgan fingerprint density at radius 1 is 0.597 bits per heavy atom. The number of nitrogens with zero attached hydrogens (tertiary/aromatic N) is 7. The van der Waals surface area contributed by atoms with E-state index in [-0.39, 0.29) is 27.2 Å². The minimum absolute atomic E-state index is 0. The van der Waals surface area contributed by atoms with Gasteiger partial charge >= 0.3 is 21.1 Å². The number of fused-ring (bicyclic) bond motifs is 15. The van der Waals surface area contributed by atoms with E-state index >= 15 is 0 Å². The van der Waals surface area contributed by atoms with Gasteiger partial charge in [-0.3, -0.25) is 0 Å². The van der Waals surface area contributed by atoms with Crippen LogP contribution in [0.15, 0.2) is 183 Å². The molecule has 6 heterocycles. The number of hydrogen-bond donors (Lipinski definition) is 0. The molecular formula is C54H38N7Pt+. The molecule has 0 saturated carbocycles. The minimum Gasteiger partial charge on any atom is -0.510 e. The first-order valence-electron chi connectivity index (χ1n) is 21.0. The van der Waals surface area contributed by atoms with Gasteiger partial charge in [0.1, 0.15) is 5.41 Å². The molecule has 4 aliphatic heterocycles. The molecule has 298 valence electrons. The average molecular weight is 980 g/mol. The van der Waals surface area contributed by atoms with Crippen molar-refractivity contribution in [2.24, 2.45) is 0 Å². The zero-order valence-corrected chi connectivity index (χ0v) is 36.2. The molecule has 0 radical (unpaired) electrons. The summed E-state index contributed by atoms with van der Waals surface area (Å²) in [5, 5.41) is 5.43. The van der Waals surface area contributed by atoms with Crippen LogP contribution in [0.2, 0.25) is 0 Å². The van der Waals surface area contributed by atoms with Crippen molar-refractivity contribution in [3.8, 4) is 22.3 Å². The van der Waals surface area contributed by atoms with Crippen LogP contribution >= 0.6 is 0 Å². The van der Waals surface area contributed by atoms with E-state index in [2.05, 4.69) is 238 Å². The van der Waals surface area contributed by atoms with E-state index in [9.17, 15) is 0 Å². The van der Waals surface area contributed by atoms with Crippen LogP contribution < -0.4 is 19.6 Å². The molecule has 6 aromatic carbocycles. The van der Waals surface area contributed by atoms with Crippen LogP contribution in [0.5, 0.6) is 0 Å². The largest absolute Gasteiger partial charge is 4.00 e. The summed E-state index contributed by atoms with van der Waals surface area (Å²) < 4.78 is 4.73. The van der Waals surface area contributed by atoms with Gasteiger partial charge in [-0.1, -0.05) is 115 Å². The van der Waals surface area contributed by atoms with Gasteiger partial charge < -0.3 is 29.3 Å². The molecule has 2 atom stereocenters. The van der Waals surface area contributed by atoms with E-state index in [1.807, 2.05) is 6.20 Å². The van der Waals surface area contributed by atoms with Crippen molar-refractivity contribution in [2.75, 3.05) is 23.9 Å². The second-order valence-electron chi connectivity index (χ2n) is 17.1. The fraction of sp³-hybridized carbons (Fsp3) is 0.111. The third-order valence-corrected chi connectivity index (χ3v) is 14.5. The molecule has 2 aromatic heterocycles. The molecule has 0 saturated heterocycles. The summed E-state index contributed by atoms with van der Waals surface area (Å²) in [5.74, 6) is 0. The van der Waals surface area contributed by atoms with Crippen LogP contribution in [0.4, 0.5) is 11.4 Å². The monoisotopic (exact) mass is 979 g/mol. The van der Waals surface area contributed by atoms with Crippen LogP contribution in [-0.4, -0.2) is 34.6 Å². The van der Waals surface area contributed by atoms with Crippen molar-refractivity contribution < 1.29 is 25.7 Å². The summed E-state index contributed by atoms with van der Waals surface area (Å²) in [6.07, 6.45) is 16.9. The van der Waals surface area contributed by atoms with Crippen LogP contribution in [0.3, 0.4) is 0 Å². The molecule has 7 nitrogen and oxygen atoms in total. The third-order valence-electron chi connectivity index (χ3n) is 14.5. The van der Waals surface area contributed by atoms with Crippen molar-refractivity contribution in [1.82, 2.24) is 19.5 Å². The molecule has 8 heteroatoms. The number of hydrogen-bond acceptors (Lipinski definition) is 4. The van der Waals surface area contributed by atoms with Gasteiger partial charge in [0.15, 0.2) is 11.9 Å². The molecular weight excluding hydrogens is 942 g/mol. The molecule has 6 aliphatic rings. The standard InChI is InChI=1S/C54H38N7.Pt/c1-56-29-31-58(35-56)38-14-11-13-36(33-38)52(43-19-7-3-15-39(43)40-16-4-8-20-44(40)52)37-26-28-59(34-37)54-50-47(23-12-24-48(50)60-32-30-57(2)51(54)60)53(49-25-27-55-61(49)54)45-21-9-5-17-41(45)42-18-6-10-22-46(42)53;/h3-32,35,51H,1-2H3;/q-3;+4. The number of aromatic nitrogens is 3. The topological polar surface area (TPSA) is 35.9 Å². The number of anilines is 2. The van der Waals surface area contributed by atoms with Crippen LogP contribution in [0.1, 0.15) is 50.2 Å². The van der Waals surface area contributed by atoms with Crippen LogP contribution in [0, 0.1) is 18.9 Å². The first kappa shape index (κ1) is 35.9. The normalized spacial score (nSPS) is 20.5. The maximum atomic E-state index is 5.43. The van der Waals surface area contributed by atoms with Gasteiger partial charge in [-0.15, -0.1) is 29.2 Å². The van der Waals surface area contributed by atoms with Crippen LogP contribution in [0.25, 0.3) is 22.3 Å². The Morgan fingerprint density at radius 2 is 1.21 bits per heavy atom. The molecule has 0 bridgehead atoms. The van der Waals surface area contributed by atoms with E-state index in [0.29, 0.717) is 0 Å². The maximum absolute atomic E-state index is 5.43. The Balaban J connectivity index is 0.00000391. The van der Waals surface area contributed by atoms with Gasteiger partial charge in [0.25, 0.3) is 5.66 Å². The summed E-state index contributed by atoms with van der Waals surface area (Å²) in [4.78, 5) is 9.01. The minimum atomic E-state index is -0.844. The molecule has 0 fully saturated rings. The number of likely N-dealkylation sites (N-methyl/N-ethyl adjacent to an activating group) is 1.